The van der Waals surface area contributed by atoms with Gasteiger partial charge in [-0.15, -0.1) is 0 Å². The zero-order valence-electron chi connectivity index (χ0n) is 23.6. The molecule has 3 N–H and O–H groups in total. The Morgan fingerprint density at radius 2 is 1.50 bits per heavy atom. The highest BCUT2D eigenvalue weighted by molar-refractivity contribution is 6.04. The minimum absolute atomic E-state index is 0.0434. The largest absolute Gasteiger partial charge is 0.467 e. The SMILES string of the molecule is CCCC[C@](O)(C(=O)OC)/C(=C/C(=O)OC)C(=O)OC.CCCC[C@]1(O)C(=O)O[C@H](C)[C@@]1(O)C(=O)OC.O=C=O. The Labute approximate surface area is 231 Å². The van der Waals surface area contributed by atoms with Crippen molar-refractivity contribution < 1.29 is 72.6 Å². The van der Waals surface area contributed by atoms with Gasteiger partial charge in [-0.2, -0.15) is 9.59 Å². The van der Waals surface area contributed by atoms with Crippen LogP contribution in [0.15, 0.2) is 11.6 Å². The minimum atomic E-state index is -2.34. The number of ether oxygens (including phenoxy) is 5. The van der Waals surface area contributed by atoms with Gasteiger partial charge >= 0.3 is 36.0 Å². The van der Waals surface area contributed by atoms with Gasteiger partial charge in [-0.05, 0) is 26.2 Å². The number of cyclic esters (lactones) is 1. The molecule has 1 saturated heterocycles. The van der Waals surface area contributed by atoms with Crippen molar-refractivity contribution in [3.05, 3.63) is 11.6 Å². The molecule has 4 atom stereocenters. The van der Waals surface area contributed by atoms with Crippen LogP contribution >= 0.6 is 0 Å². The van der Waals surface area contributed by atoms with Gasteiger partial charge in [0.2, 0.25) is 11.2 Å². The Bertz CT molecular complexity index is 952. The Hall–Kier alpha value is -3.65. The van der Waals surface area contributed by atoms with E-state index in [4.69, 9.17) is 14.3 Å². The van der Waals surface area contributed by atoms with E-state index in [9.17, 15) is 39.3 Å². The van der Waals surface area contributed by atoms with Crippen molar-refractivity contribution in [2.45, 2.75) is 82.2 Å². The number of methoxy groups -OCH3 is 4. The number of carbonyl (C=O) groups excluding carboxylic acids is 7. The van der Waals surface area contributed by atoms with Crippen molar-refractivity contribution in [3.63, 3.8) is 0 Å². The average Bonchev–Trinajstić information content (AvgIpc) is 3.12. The van der Waals surface area contributed by atoms with E-state index < -0.39 is 58.3 Å². The van der Waals surface area contributed by atoms with Crippen LogP contribution in [0.2, 0.25) is 0 Å². The first-order chi connectivity index (χ1) is 18.6. The fraction of sp³-hybridized carbons (Fsp3) is 0.680. The first-order valence-corrected chi connectivity index (χ1v) is 12.1. The van der Waals surface area contributed by atoms with Crippen molar-refractivity contribution in [1.29, 1.82) is 0 Å². The second-order valence-electron chi connectivity index (χ2n) is 8.38. The van der Waals surface area contributed by atoms with E-state index in [-0.39, 0.29) is 19.0 Å². The van der Waals surface area contributed by atoms with E-state index in [2.05, 4.69) is 18.9 Å². The molecule has 0 radical (unpaired) electrons. The average molecular weight is 579 g/mol. The lowest BCUT2D eigenvalue weighted by Gasteiger charge is -2.32. The van der Waals surface area contributed by atoms with Gasteiger partial charge in [-0.25, -0.2) is 24.0 Å². The molecule has 1 rings (SSSR count). The van der Waals surface area contributed by atoms with Gasteiger partial charge in [-0.3, -0.25) is 0 Å². The highest BCUT2D eigenvalue weighted by Gasteiger charge is 2.70. The van der Waals surface area contributed by atoms with Crippen molar-refractivity contribution in [2.75, 3.05) is 28.4 Å². The predicted octanol–water partition coefficient (Wildman–Crippen LogP) is -0.473. The van der Waals surface area contributed by atoms with Gasteiger partial charge in [0.15, 0.2) is 5.60 Å². The summed E-state index contributed by atoms with van der Waals surface area (Å²) in [5, 5.41) is 31.0. The molecule has 0 saturated carbocycles. The summed E-state index contributed by atoms with van der Waals surface area (Å²) in [6.07, 6.45) is 2.04. The molecule has 0 aliphatic carbocycles. The molecular formula is C25H38O15. The number of rotatable bonds is 11. The van der Waals surface area contributed by atoms with Gasteiger partial charge in [0.05, 0.1) is 34.0 Å². The van der Waals surface area contributed by atoms with Crippen LogP contribution in [-0.4, -0.2) is 103 Å². The fourth-order valence-electron chi connectivity index (χ4n) is 3.63. The minimum Gasteiger partial charge on any atom is -0.467 e. The molecule has 0 spiro atoms. The molecule has 0 aromatic rings. The fourth-order valence-corrected chi connectivity index (χ4v) is 3.63. The van der Waals surface area contributed by atoms with Crippen LogP contribution in [0.1, 0.15) is 59.3 Å². The van der Waals surface area contributed by atoms with Gasteiger partial charge in [-0.1, -0.05) is 33.1 Å². The summed E-state index contributed by atoms with van der Waals surface area (Å²) in [5.41, 5.74) is -7.32. The maximum absolute atomic E-state index is 11.8. The van der Waals surface area contributed by atoms with Crippen molar-refractivity contribution >= 4 is 36.0 Å². The van der Waals surface area contributed by atoms with Crippen LogP contribution < -0.4 is 0 Å². The first kappa shape index (κ1) is 38.5. The van der Waals surface area contributed by atoms with Gasteiger partial charge < -0.3 is 39.0 Å². The number of hydrogen-bond donors (Lipinski definition) is 3. The summed E-state index contributed by atoms with van der Waals surface area (Å²) in [5.74, 6) is -4.96. The third-order valence-corrected chi connectivity index (χ3v) is 5.96. The van der Waals surface area contributed by atoms with Crippen LogP contribution in [0.4, 0.5) is 0 Å². The standard InChI is InChI=1S/C13H20O7.C11H18O6.CO2/c1-5-6-7-13(17,12(16)20-4)9(11(15)19-3)8-10(14)18-2;1-4-5-6-10(14)8(12)17-7(2)11(10,15)9(13)16-3;2-1-3/h8,17H,5-7H2,1-4H3;7,14-15H,4-6H2,1-3H3;/b9-8+;;/t13-;7-,10+,11-;/m11./s1. The zero-order chi connectivity index (χ0) is 31.7. The summed E-state index contributed by atoms with van der Waals surface area (Å²) in [7, 11) is 4.34. The summed E-state index contributed by atoms with van der Waals surface area (Å²) >= 11 is 0. The Morgan fingerprint density at radius 3 is 1.90 bits per heavy atom. The number of unbranched alkanes of at least 4 members (excludes halogenated alkanes) is 2. The number of hydrogen-bond acceptors (Lipinski definition) is 15. The maximum Gasteiger partial charge on any atom is 0.373 e. The topological polar surface area (TPSA) is 226 Å². The van der Waals surface area contributed by atoms with Gasteiger partial charge in [0.1, 0.15) is 6.10 Å². The molecule has 15 nitrogen and oxygen atoms in total. The predicted molar refractivity (Wildman–Crippen MR) is 131 cm³/mol. The monoisotopic (exact) mass is 578 g/mol. The zero-order valence-corrected chi connectivity index (χ0v) is 23.6. The number of esters is 5. The normalized spacial score (nSPS) is 22.9. The molecule has 0 bridgehead atoms. The molecule has 1 aliphatic heterocycles. The molecule has 0 unspecified atom stereocenters. The van der Waals surface area contributed by atoms with Crippen molar-refractivity contribution in [2.24, 2.45) is 0 Å². The quantitative estimate of drug-likeness (QED) is 0.160. The van der Waals surface area contributed by atoms with Crippen LogP contribution in [0.3, 0.4) is 0 Å². The molecule has 228 valence electrons. The Balaban J connectivity index is 0. The molecule has 1 aliphatic rings. The van der Waals surface area contributed by atoms with Gasteiger partial charge in [0.25, 0.3) is 0 Å². The smallest absolute Gasteiger partial charge is 0.373 e. The van der Waals surface area contributed by atoms with E-state index >= 15 is 0 Å². The summed E-state index contributed by atoms with van der Waals surface area (Å²) in [6, 6.07) is 0. The molecule has 1 fully saturated rings. The first-order valence-electron chi connectivity index (χ1n) is 12.1. The van der Waals surface area contributed by atoms with Crippen LogP contribution in [0.5, 0.6) is 0 Å². The molecule has 15 heteroatoms. The second-order valence-corrected chi connectivity index (χ2v) is 8.38. The molecule has 0 amide bonds. The van der Waals surface area contributed by atoms with Crippen LogP contribution in [0, 0.1) is 0 Å². The maximum atomic E-state index is 11.8. The van der Waals surface area contributed by atoms with E-state index in [0.717, 1.165) is 34.5 Å². The lowest BCUT2D eigenvalue weighted by molar-refractivity contribution is -0.193. The highest BCUT2D eigenvalue weighted by atomic mass is 16.6. The lowest BCUT2D eigenvalue weighted by atomic mass is 9.78. The molecular weight excluding hydrogens is 540 g/mol. The third-order valence-electron chi connectivity index (χ3n) is 5.96. The number of carbonyl (C=O) groups is 5. The van der Waals surface area contributed by atoms with E-state index in [1.165, 1.54) is 6.92 Å². The lowest BCUT2D eigenvalue weighted by Crippen LogP contribution is -2.62. The Kier molecular flexibility index (Phi) is 17.2. The van der Waals surface area contributed by atoms with E-state index in [1.54, 1.807) is 0 Å². The molecule has 0 aromatic heterocycles. The van der Waals surface area contributed by atoms with Crippen molar-refractivity contribution in [1.82, 2.24) is 0 Å². The summed E-state index contributed by atoms with van der Waals surface area (Å²) in [4.78, 5) is 74.3. The van der Waals surface area contributed by atoms with Gasteiger partial charge in [0, 0.05) is 6.08 Å². The Morgan fingerprint density at radius 1 is 0.975 bits per heavy atom. The molecule has 40 heavy (non-hydrogen) atoms. The van der Waals surface area contributed by atoms with Crippen LogP contribution in [0.25, 0.3) is 0 Å². The molecule has 1 heterocycles. The van der Waals surface area contributed by atoms with E-state index in [0.29, 0.717) is 25.7 Å². The van der Waals surface area contributed by atoms with Crippen LogP contribution in [-0.2, 0) is 57.2 Å². The second kappa shape index (κ2) is 17.8. The van der Waals surface area contributed by atoms with E-state index in [1.807, 2.05) is 13.8 Å². The number of aliphatic hydroxyl groups is 3. The van der Waals surface area contributed by atoms with Crippen molar-refractivity contribution in [3.8, 4) is 0 Å². The third kappa shape index (κ3) is 8.95. The highest BCUT2D eigenvalue weighted by Crippen LogP contribution is 2.40. The summed E-state index contributed by atoms with van der Waals surface area (Å²) in [6.45, 7) is 5.06. The summed E-state index contributed by atoms with van der Waals surface area (Å²) < 4.78 is 22.6. The molecule has 0 aromatic carbocycles.